The monoisotopic (exact) mass is 393 g/mol. The van der Waals surface area contributed by atoms with Crippen LogP contribution in [0.4, 0.5) is 13.2 Å². The van der Waals surface area contributed by atoms with Crippen molar-refractivity contribution in [1.82, 2.24) is 5.32 Å². The minimum atomic E-state index is -4.61. The smallest absolute Gasteiger partial charge is 0.416 e. The molecule has 1 aliphatic carbocycles. The summed E-state index contributed by atoms with van der Waals surface area (Å²) in [6.07, 6.45) is -3.63. The van der Waals surface area contributed by atoms with E-state index < -0.39 is 29.7 Å². The van der Waals surface area contributed by atoms with E-state index in [-0.39, 0.29) is 28.9 Å². The van der Waals surface area contributed by atoms with E-state index in [1.54, 1.807) is 20.8 Å². The standard InChI is InChI=1S/C21H22F3NO3/c1-11(2)28-20(27)17-12(3)25-15-9-6-10-16(26)19(15)18(17)13-7-4-5-8-14(13)21(22,23)24/h4-5,7-8,11,18,25H,6,9-10H2,1-3H3. The molecule has 1 heterocycles. The molecule has 1 unspecified atom stereocenters. The van der Waals surface area contributed by atoms with Crippen LogP contribution in [0.25, 0.3) is 0 Å². The van der Waals surface area contributed by atoms with Crippen LogP contribution in [0.5, 0.6) is 0 Å². The summed E-state index contributed by atoms with van der Waals surface area (Å²) in [6.45, 7) is 4.96. The maximum atomic E-state index is 13.7. The fraction of sp³-hybridized carbons (Fsp3) is 0.429. The maximum absolute atomic E-state index is 13.7. The third-order valence-electron chi connectivity index (χ3n) is 4.92. The number of rotatable bonds is 3. The van der Waals surface area contributed by atoms with Gasteiger partial charge in [-0.05, 0) is 45.2 Å². The van der Waals surface area contributed by atoms with Crippen LogP contribution in [0.3, 0.4) is 0 Å². The van der Waals surface area contributed by atoms with E-state index in [9.17, 15) is 22.8 Å². The number of dihydropyridines is 1. The number of esters is 1. The molecule has 0 fully saturated rings. The Hall–Kier alpha value is -2.57. The Labute approximate surface area is 161 Å². The second-order valence-corrected chi connectivity index (χ2v) is 7.30. The van der Waals surface area contributed by atoms with E-state index in [0.717, 1.165) is 6.07 Å². The third kappa shape index (κ3) is 3.70. The molecule has 0 amide bonds. The highest BCUT2D eigenvalue weighted by Gasteiger charge is 2.43. The number of halogens is 3. The van der Waals surface area contributed by atoms with Gasteiger partial charge in [-0.3, -0.25) is 4.79 Å². The summed E-state index contributed by atoms with van der Waals surface area (Å²) >= 11 is 0. The Morgan fingerprint density at radius 2 is 1.89 bits per heavy atom. The lowest BCUT2D eigenvalue weighted by molar-refractivity contribution is -0.143. The molecule has 0 spiro atoms. The van der Waals surface area contributed by atoms with E-state index in [0.29, 0.717) is 24.2 Å². The van der Waals surface area contributed by atoms with E-state index in [1.807, 2.05) is 0 Å². The fourth-order valence-corrected chi connectivity index (χ4v) is 3.85. The van der Waals surface area contributed by atoms with Crippen molar-refractivity contribution in [2.45, 2.75) is 58.2 Å². The molecule has 1 aliphatic heterocycles. The van der Waals surface area contributed by atoms with Crippen molar-refractivity contribution in [3.05, 3.63) is 57.9 Å². The first-order chi connectivity index (χ1) is 13.1. The molecule has 1 aromatic rings. The molecule has 1 aromatic carbocycles. The summed E-state index contributed by atoms with van der Waals surface area (Å²) in [6, 6.07) is 5.10. The first kappa shape index (κ1) is 20.2. The van der Waals surface area contributed by atoms with Crippen molar-refractivity contribution in [3.63, 3.8) is 0 Å². The zero-order valence-electron chi connectivity index (χ0n) is 15.9. The van der Waals surface area contributed by atoms with Crippen LogP contribution >= 0.6 is 0 Å². The number of benzene rings is 1. The molecule has 0 saturated carbocycles. The van der Waals surface area contributed by atoms with Crippen LogP contribution in [0.2, 0.25) is 0 Å². The van der Waals surface area contributed by atoms with E-state index in [1.165, 1.54) is 18.2 Å². The molecule has 0 bridgehead atoms. The molecule has 150 valence electrons. The predicted molar refractivity (Wildman–Crippen MR) is 97.1 cm³/mol. The van der Waals surface area contributed by atoms with Crippen molar-refractivity contribution in [2.75, 3.05) is 0 Å². The normalized spacial score (nSPS) is 20.2. The van der Waals surface area contributed by atoms with Gasteiger partial charge in [0.1, 0.15) is 0 Å². The average molecular weight is 393 g/mol. The van der Waals surface area contributed by atoms with Gasteiger partial charge in [-0.25, -0.2) is 4.79 Å². The van der Waals surface area contributed by atoms with Crippen LogP contribution in [0, 0.1) is 0 Å². The number of ketones is 1. The Kier molecular flexibility index (Phi) is 5.37. The molecule has 3 rings (SSSR count). The van der Waals surface area contributed by atoms with Crippen LogP contribution in [0.15, 0.2) is 46.8 Å². The van der Waals surface area contributed by atoms with Crippen molar-refractivity contribution in [1.29, 1.82) is 0 Å². The number of Topliss-reactive ketones (excluding diaryl/α,β-unsaturated/α-hetero) is 1. The predicted octanol–water partition coefficient (Wildman–Crippen LogP) is 4.62. The molecule has 0 radical (unpaired) electrons. The largest absolute Gasteiger partial charge is 0.460 e. The molecule has 1 atom stereocenters. The lowest BCUT2D eigenvalue weighted by atomic mass is 9.74. The average Bonchev–Trinajstić information content (AvgIpc) is 2.59. The van der Waals surface area contributed by atoms with Gasteiger partial charge in [0.2, 0.25) is 0 Å². The van der Waals surface area contributed by atoms with Crippen LogP contribution in [-0.2, 0) is 20.5 Å². The highest BCUT2D eigenvalue weighted by molar-refractivity contribution is 6.03. The fourth-order valence-electron chi connectivity index (χ4n) is 3.85. The molecule has 1 N–H and O–H groups in total. The quantitative estimate of drug-likeness (QED) is 0.761. The zero-order valence-corrected chi connectivity index (χ0v) is 15.9. The number of carbonyl (C=O) groups excluding carboxylic acids is 2. The summed E-state index contributed by atoms with van der Waals surface area (Å²) in [5, 5.41) is 3.07. The molecule has 2 aliphatic rings. The van der Waals surface area contributed by atoms with Crippen molar-refractivity contribution in [2.24, 2.45) is 0 Å². The lowest BCUT2D eigenvalue weighted by Crippen LogP contribution is -2.35. The summed E-state index contributed by atoms with van der Waals surface area (Å²) in [5.74, 6) is -2.06. The van der Waals surface area contributed by atoms with Gasteiger partial charge < -0.3 is 10.1 Å². The van der Waals surface area contributed by atoms with Gasteiger partial charge in [0.15, 0.2) is 5.78 Å². The molecule has 0 aromatic heterocycles. The summed E-state index contributed by atoms with van der Waals surface area (Å²) in [4.78, 5) is 25.5. The Balaban J connectivity index is 2.25. The van der Waals surface area contributed by atoms with Gasteiger partial charge in [-0.2, -0.15) is 13.2 Å². The van der Waals surface area contributed by atoms with E-state index in [2.05, 4.69) is 5.32 Å². The van der Waals surface area contributed by atoms with Crippen LogP contribution in [0.1, 0.15) is 57.1 Å². The lowest BCUT2D eigenvalue weighted by Gasteiger charge is -2.35. The van der Waals surface area contributed by atoms with Crippen molar-refractivity contribution in [3.8, 4) is 0 Å². The van der Waals surface area contributed by atoms with Gasteiger partial charge in [-0.15, -0.1) is 0 Å². The number of alkyl halides is 3. The van der Waals surface area contributed by atoms with Crippen LogP contribution in [-0.4, -0.2) is 17.9 Å². The van der Waals surface area contributed by atoms with Crippen molar-refractivity contribution >= 4 is 11.8 Å². The topological polar surface area (TPSA) is 55.4 Å². The van der Waals surface area contributed by atoms with Gasteiger partial charge in [0.05, 0.1) is 17.2 Å². The summed E-state index contributed by atoms with van der Waals surface area (Å²) in [5.41, 5.74) is 0.352. The zero-order chi connectivity index (χ0) is 20.6. The van der Waals surface area contributed by atoms with Gasteiger partial charge in [0.25, 0.3) is 0 Å². The number of ether oxygens (including phenoxy) is 1. The highest BCUT2D eigenvalue weighted by atomic mass is 19.4. The molecule has 0 saturated heterocycles. The SMILES string of the molecule is CC1=C(C(=O)OC(C)C)C(c2ccccc2C(F)(F)F)C2=C(CCCC2=O)N1. The molecule has 4 nitrogen and oxygen atoms in total. The number of hydrogen-bond acceptors (Lipinski definition) is 4. The maximum Gasteiger partial charge on any atom is 0.416 e. The molecular weight excluding hydrogens is 371 g/mol. The van der Waals surface area contributed by atoms with Gasteiger partial charge >= 0.3 is 12.1 Å². The van der Waals surface area contributed by atoms with Gasteiger partial charge in [-0.1, -0.05) is 18.2 Å². The Bertz CT molecular complexity index is 881. The second kappa shape index (κ2) is 7.45. The van der Waals surface area contributed by atoms with Crippen molar-refractivity contribution < 1.29 is 27.5 Å². The second-order valence-electron chi connectivity index (χ2n) is 7.30. The Morgan fingerprint density at radius 1 is 1.21 bits per heavy atom. The first-order valence-corrected chi connectivity index (χ1v) is 9.22. The number of carbonyl (C=O) groups is 2. The molecule has 28 heavy (non-hydrogen) atoms. The highest BCUT2D eigenvalue weighted by Crippen LogP contribution is 2.46. The first-order valence-electron chi connectivity index (χ1n) is 9.22. The van der Waals surface area contributed by atoms with Gasteiger partial charge in [0, 0.05) is 29.3 Å². The minimum Gasteiger partial charge on any atom is -0.460 e. The van der Waals surface area contributed by atoms with E-state index >= 15 is 0 Å². The number of nitrogens with one attached hydrogen (secondary N) is 1. The number of allylic oxidation sites excluding steroid dienone is 3. The summed E-state index contributed by atoms with van der Waals surface area (Å²) in [7, 11) is 0. The number of hydrogen-bond donors (Lipinski definition) is 1. The third-order valence-corrected chi connectivity index (χ3v) is 4.92. The summed E-state index contributed by atoms with van der Waals surface area (Å²) < 4.78 is 46.4. The molecule has 7 heteroatoms. The van der Waals surface area contributed by atoms with Crippen LogP contribution < -0.4 is 5.32 Å². The minimum absolute atomic E-state index is 0.0550. The molecular formula is C21H22F3NO3. The van der Waals surface area contributed by atoms with E-state index in [4.69, 9.17) is 4.74 Å². The Morgan fingerprint density at radius 3 is 2.54 bits per heavy atom.